The molecule has 1 aliphatic rings. The van der Waals surface area contributed by atoms with E-state index in [4.69, 9.17) is 0 Å². The molecule has 1 aromatic heterocycles. The van der Waals surface area contributed by atoms with Crippen molar-refractivity contribution in [3.8, 4) is 0 Å². The average Bonchev–Trinajstić information content (AvgIpc) is 2.68. The topological polar surface area (TPSA) is 58.3 Å². The van der Waals surface area contributed by atoms with Crippen molar-refractivity contribution >= 4 is 0 Å². The maximum Gasteiger partial charge on any atom is 0.0909 e. The van der Waals surface area contributed by atoms with Crippen LogP contribution in [-0.4, -0.2) is 31.7 Å². The van der Waals surface area contributed by atoms with E-state index in [2.05, 4.69) is 12.0 Å². The summed E-state index contributed by atoms with van der Waals surface area (Å²) in [4.78, 5) is 0. The van der Waals surface area contributed by atoms with E-state index in [1.807, 2.05) is 19.3 Å². The minimum Gasteiger partial charge on any atom is -0.390 e. The van der Waals surface area contributed by atoms with Gasteiger partial charge in [0.2, 0.25) is 0 Å². The van der Waals surface area contributed by atoms with Crippen LogP contribution in [0.3, 0.4) is 0 Å². The van der Waals surface area contributed by atoms with Gasteiger partial charge in [-0.15, -0.1) is 0 Å². The Morgan fingerprint density at radius 3 is 2.71 bits per heavy atom. The molecule has 17 heavy (non-hydrogen) atoms. The Morgan fingerprint density at radius 2 is 2.18 bits per heavy atom. The highest BCUT2D eigenvalue weighted by molar-refractivity contribution is 5.04. The summed E-state index contributed by atoms with van der Waals surface area (Å²) in [6, 6.07) is 1.89. The SMILES string of the molecule is CC1CCC(O)(C(O)Cc2ccn(C)n2)CC1. The van der Waals surface area contributed by atoms with Crippen LogP contribution in [0.2, 0.25) is 0 Å². The molecule has 2 rings (SSSR count). The maximum atomic E-state index is 10.4. The number of rotatable bonds is 3. The summed E-state index contributed by atoms with van der Waals surface area (Å²) in [6.45, 7) is 2.20. The van der Waals surface area contributed by atoms with Crippen molar-refractivity contribution in [3.63, 3.8) is 0 Å². The third kappa shape index (κ3) is 2.87. The predicted molar refractivity (Wildman–Crippen MR) is 65.5 cm³/mol. The lowest BCUT2D eigenvalue weighted by atomic mass is 9.75. The quantitative estimate of drug-likeness (QED) is 0.833. The Morgan fingerprint density at radius 1 is 1.53 bits per heavy atom. The molecular formula is C13H22N2O2. The van der Waals surface area contributed by atoms with Crippen molar-refractivity contribution in [3.05, 3.63) is 18.0 Å². The molecular weight excluding hydrogens is 216 g/mol. The maximum absolute atomic E-state index is 10.4. The van der Waals surface area contributed by atoms with Crippen LogP contribution in [-0.2, 0) is 13.5 Å². The third-order valence-corrected chi connectivity index (χ3v) is 3.93. The summed E-state index contributed by atoms with van der Waals surface area (Å²) in [5.74, 6) is 0.664. The zero-order chi connectivity index (χ0) is 12.5. The van der Waals surface area contributed by atoms with Gasteiger partial charge in [-0.2, -0.15) is 5.10 Å². The van der Waals surface area contributed by atoms with Crippen molar-refractivity contribution in [1.29, 1.82) is 0 Å². The van der Waals surface area contributed by atoms with E-state index < -0.39 is 11.7 Å². The first-order chi connectivity index (χ1) is 7.99. The number of hydrogen-bond acceptors (Lipinski definition) is 3. The van der Waals surface area contributed by atoms with Gasteiger partial charge in [0.25, 0.3) is 0 Å². The van der Waals surface area contributed by atoms with Gasteiger partial charge in [0, 0.05) is 19.7 Å². The number of aliphatic hydroxyl groups is 2. The lowest BCUT2D eigenvalue weighted by Gasteiger charge is -2.38. The van der Waals surface area contributed by atoms with Crippen molar-refractivity contribution in [1.82, 2.24) is 9.78 Å². The van der Waals surface area contributed by atoms with E-state index in [1.165, 1.54) is 0 Å². The Kier molecular flexibility index (Phi) is 3.54. The molecule has 0 saturated heterocycles. The number of aromatic nitrogens is 2. The van der Waals surface area contributed by atoms with E-state index in [1.54, 1.807) is 4.68 Å². The van der Waals surface area contributed by atoms with Crippen LogP contribution in [0.25, 0.3) is 0 Å². The standard InChI is InChI=1S/C13H22N2O2/c1-10-3-6-13(17,7-4-10)12(16)9-11-5-8-15(2)14-11/h5,8,10,12,16-17H,3-4,6-7,9H2,1-2H3. The summed E-state index contributed by atoms with van der Waals surface area (Å²) < 4.78 is 1.72. The van der Waals surface area contributed by atoms with E-state index in [9.17, 15) is 10.2 Å². The number of aryl methyl sites for hydroxylation is 1. The highest BCUT2D eigenvalue weighted by atomic mass is 16.3. The van der Waals surface area contributed by atoms with Gasteiger partial charge in [0.1, 0.15) is 0 Å². The molecule has 0 aromatic carbocycles. The predicted octanol–water partition coefficient (Wildman–Crippen LogP) is 1.26. The minimum atomic E-state index is -0.913. The van der Waals surface area contributed by atoms with Gasteiger partial charge in [-0.3, -0.25) is 4.68 Å². The summed E-state index contributed by atoms with van der Waals surface area (Å²) in [7, 11) is 1.85. The minimum absolute atomic E-state index is 0.436. The number of nitrogens with zero attached hydrogens (tertiary/aromatic N) is 2. The highest BCUT2D eigenvalue weighted by Crippen LogP contribution is 2.35. The fourth-order valence-corrected chi connectivity index (χ4v) is 2.56. The summed E-state index contributed by atoms with van der Waals surface area (Å²) in [5, 5.41) is 24.9. The van der Waals surface area contributed by atoms with Crippen molar-refractivity contribution in [2.24, 2.45) is 13.0 Å². The first-order valence-electron chi connectivity index (χ1n) is 6.38. The second-order valence-electron chi connectivity index (χ2n) is 5.49. The molecule has 2 N–H and O–H groups in total. The molecule has 0 radical (unpaired) electrons. The van der Waals surface area contributed by atoms with E-state index in [0.29, 0.717) is 25.2 Å². The lowest BCUT2D eigenvalue weighted by Crippen LogP contribution is -2.46. The molecule has 0 spiro atoms. The fourth-order valence-electron chi connectivity index (χ4n) is 2.56. The molecule has 1 heterocycles. The Hall–Kier alpha value is -0.870. The highest BCUT2D eigenvalue weighted by Gasteiger charge is 2.38. The molecule has 0 amide bonds. The Balaban J connectivity index is 1.97. The van der Waals surface area contributed by atoms with Gasteiger partial charge in [0.05, 0.1) is 17.4 Å². The second kappa shape index (κ2) is 4.78. The van der Waals surface area contributed by atoms with E-state index in [0.717, 1.165) is 18.5 Å². The molecule has 1 unspecified atom stereocenters. The van der Waals surface area contributed by atoms with E-state index >= 15 is 0 Å². The summed E-state index contributed by atoms with van der Waals surface area (Å²) in [6.07, 6.45) is 4.97. The van der Waals surface area contributed by atoms with Crippen LogP contribution in [0.15, 0.2) is 12.3 Å². The third-order valence-electron chi connectivity index (χ3n) is 3.93. The fraction of sp³-hybridized carbons (Fsp3) is 0.769. The zero-order valence-corrected chi connectivity index (χ0v) is 10.6. The largest absolute Gasteiger partial charge is 0.390 e. The van der Waals surface area contributed by atoms with Crippen molar-refractivity contribution in [2.45, 2.75) is 50.7 Å². The molecule has 1 fully saturated rings. The van der Waals surface area contributed by atoms with Crippen LogP contribution >= 0.6 is 0 Å². The normalized spacial score (nSPS) is 31.4. The van der Waals surface area contributed by atoms with E-state index in [-0.39, 0.29) is 0 Å². The molecule has 1 aromatic rings. The Labute approximate surface area is 102 Å². The monoisotopic (exact) mass is 238 g/mol. The first-order valence-corrected chi connectivity index (χ1v) is 6.38. The molecule has 1 saturated carbocycles. The lowest BCUT2D eigenvalue weighted by molar-refractivity contribution is -0.102. The molecule has 1 aliphatic carbocycles. The molecule has 4 nitrogen and oxygen atoms in total. The smallest absolute Gasteiger partial charge is 0.0909 e. The van der Waals surface area contributed by atoms with Crippen LogP contribution < -0.4 is 0 Å². The van der Waals surface area contributed by atoms with Crippen molar-refractivity contribution in [2.75, 3.05) is 0 Å². The molecule has 0 aliphatic heterocycles. The summed E-state index contributed by atoms with van der Waals surface area (Å²) in [5.41, 5.74) is -0.0728. The van der Waals surface area contributed by atoms with Gasteiger partial charge < -0.3 is 10.2 Å². The molecule has 1 atom stereocenters. The second-order valence-corrected chi connectivity index (χ2v) is 5.49. The van der Waals surface area contributed by atoms with Crippen molar-refractivity contribution < 1.29 is 10.2 Å². The number of aliphatic hydroxyl groups excluding tert-OH is 1. The number of hydrogen-bond donors (Lipinski definition) is 2. The van der Waals surface area contributed by atoms with Gasteiger partial charge in [-0.25, -0.2) is 0 Å². The van der Waals surface area contributed by atoms with Gasteiger partial charge >= 0.3 is 0 Å². The van der Waals surface area contributed by atoms with Gasteiger partial charge in [0.15, 0.2) is 0 Å². The molecule has 0 bridgehead atoms. The average molecular weight is 238 g/mol. The van der Waals surface area contributed by atoms with Crippen LogP contribution in [0.1, 0.15) is 38.3 Å². The van der Waals surface area contributed by atoms with Crippen LogP contribution in [0, 0.1) is 5.92 Å². The zero-order valence-electron chi connectivity index (χ0n) is 10.6. The molecule has 96 valence electrons. The Bertz CT molecular complexity index is 367. The van der Waals surface area contributed by atoms with Gasteiger partial charge in [-0.05, 0) is 37.7 Å². The van der Waals surface area contributed by atoms with Crippen LogP contribution in [0.4, 0.5) is 0 Å². The summed E-state index contributed by atoms with van der Waals surface area (Å²) >= 11 is 0. The van der Waals surface area contributed by atoms with Crippen LogP contribution in [0.5, 0.6) is 0 Å². The molecule has 4 heteroatoms. The van der Waals surface area contributed by atoms with Gasteiger partial charge in [-0.1, -0.05) is 6.92 Å². The first kappa shape index (κ1) is 12.6.